The average Bonchev–Trinajstić information content (AvgIpc) is 2.17. The number of esters is 1. The summed E-state index contributed by atoms with van der Waals surface area (Å²) in [6, 6.07) is 0. The van der Waals surface area contributed by atoms with Crippen LogP contribution in [0.3, 0.4) is 0 Å². The molecule has 1 saturated carbocycles. The summed E-state index contributed by atoms with van der Waals surface area (Å²) >= 11 is 0. The van der Waals surface area contributed by atoms with E-state index < -0.39 is 5.92 Å². The van der Waals surface area contributed by atoms with Crippen LogP contribution in [-0.2, 0) is 14.3 Å². The molecule has 1 fully saturated rings. The summed E-state index contributed by atoms with van der Waals surface area (Å²) in [5, 5.41) is 0. The number of hydrogen-bond acceptors (Lipinski definition) is 3. The van der Waals surface area contributed by atoms with Gasteiger partial charge < -0.3 is 4.74 Å². The van der Waals surface area contributed by atoms with Gasteiger partial charge in [0, 0.05) is 6.42 Å². The molecule has 1 aliphatic rings. The van der Waals surface area contributed by atoms with Gasteiger partial charge in [-0.3, -0.25) is 9.59 Å². The zero-order valence-electron chi connectivity index (χ0n) is 8.91. The Balaban J connectivity index is 2.49. The van der Waals surface area contributed by atoms with Crippen molar-refractivity contribution in [1.29, 1.82) is 0 Å². The van der Waals surface area contributed by atoms with E-state index in [2.05, 4.69) is 6.92 Å². The molecule has 2 unspecified atom stereocenters. The predicted molar refractivity (Wildman–Crippen MR) is 52.8 cm³/mol. The predicted octanol–water partition coefficient (Wildman–Crippen LogP) is 1.94. The smallest absolute Gasteiger partial charge is 0.316 e. The van der Waals surface area contributed by atoms with Gasteiger partial charge in [-0.25, -0.2) is 0 Å². The van der Waals surface area contributed by atoms with Crippen LogP contribution in [0.15, 0.2) is 0 Å². The molecule has 0 N–H and O–H groups in total. The summed E-state index contributed by atoms with van der Waals surface area (Å²) in [5.41, 5.74) is 0. The summed E-state index contributed by atoms with van der Waals surface area (Å²) in [6.07, 6.45) is 3.24. The minimum absolute atomic E-state index is 0.0709. The number of ether oxygens (including phenoxy) is 1. The van der Waals surface area contributed by atoms with Crippen LogP contribution in [-0.4, -0.2) is 18.4 Å². The average molecular weight is 198 g/mol. The highest BCUT2D eigenvalue weighted by atomic mass is 16.5. The standard InChI is InChI=1S/C11H18O3/c1-3-8-5-6-9(10(12)7-8)11(13)14-4-2/h8-9H,3-7H2,1-2H3. The number of Topliss-reactive ketones (excluding diaryl/α,β-unsaturated/α-hetero) is 1. The highest BCUT2D eigenvalue weighted by Gasteiger charge is 2.33. The first-order chi connectivity index (χ1) is 6.69. The Morgan fingerprint density at radius 1 is 1.43 bits per heavy atom. The van der Waals surface area contributed by atoms with Crippen LogP contribution >= 0.6 is 0 Å². The lowest BCUT2D eigenvalue weighted by molar-refractivity contribution is -0.153. The monoisotopic (exact) mass is 198 g/mol. The van der Waals surface area contributed by atoms with Gasteiger partial charge in [-0.2, -0.15) is 0 Å². The van der Waals surface area contributed by atoms with Gasteiger partial charge in [0.2, 0.25) is 0 Å². The van der Waals surface area contributed by atoms with Crippen LogP contribution in [0.4, 0.5) is 0 Å². The van der Waals surface area contributed by atoms with Crippen LogP contribution in [0.5, 0.6) is 0 Å². The molecule has 0 bridgehead atoms. The molecule has 3 nitrogen and oxygen atoms in total. The molecule has 1 rings (SSSR count). The van der Waals surface area contributed by atoms with Gasteiger partial charge in [0.25, 0.3) is 0 Å². The first-order valence-corrected chi connectivity index (χ1v) is 5.38. The molecular formula is C11H18O3. The van der Waals surface area contributed by atoms with Crippen LogP contribution < -0.4 is 0 Å². The molecule has 0 saturated heterocycles. The molecule has 0 amide bonds. The van der Waals surface area contributed by atoms with E-state index in [0.717, 1.165) is 12.8 Å². The maximum absolute atomic E-state index is 11.6. The van der Waals surface area contributed by atoms with Crippen molar-refractivity contribution in [2.24, 2.45) is 11.8 Å². The normalized spacial score (nSPS) is 27.4. The van der Waals surface area contributed by atoms with Crippen molar-refractivity contribution in [3.63, 3.8) is 0 Å². The molecular weight excluding hydrogens is 180 g/mol. The van der Waals surface area contributed by atoms with E-state index >= 15 is 0 Å². The minimum atomic E-state index is -0.474. The van der Waals surface area contributed by atoms with Crippen molar-refractivity contribution in [3.8, 4) is 0 Å². The molecule has 0 aromatic carbocycles. The molecule has 0 aromatic heterocycles. The molecule has 0 spiro atoms. The summed E-state index contributed by atoms with van der Waals surface area (Å²) in [6.45, 7) is 4.21. The fourth-order valence-corrected chi connectivity index (χ4v) is 1.93. The van der Waals surface area contributed by atoms with Crippen molar-refractivity contribution >= 4 is 11.8 Å². The lowest BCUT2D eigenvalue weighted by atomic mass is 9.80. The fourth-order valence-electron chi connectivity index (χ4n) is 1.93. The van der Waals surface area contributed by atoms with Gasteiger partial charge in [0.1, 0.15) is 11.7 Å². The van der Waals surface area contributed by atoms with Gasteiger partial charge in [0.15, 0.2) is 0 Å². The third-order valence-electron chi connectivity index (χ3n) is 2.89. The highest BCUT2D eigenvalue weighted by molar-refractivity contribution is 5.99. The molecule has 0 aromatic rings. The lowest BCUT2D eigenvalue weighted by Crippen LogP contribution is -2.32. The van der Waals surface area contributed by atoms with E-state index in [9.17, 15) is 9.59 Å². The Morgan fingerprint density at radius 2 is 2.14 bits per heavy atom. The maximum Gasteiger partial charge on any atom is 0.316 e. The third-order valence-corrected chi connectivity index (χ3v) is 2.89. The lowest BCUT2D eigenvalue weighted by Gasteiger charge is -2.24. The topological polar surface area (TPSA) is 43.4 Å². The Hall–Kier alpha value is -0.860. The van der Waals surface area contributed by atoms with Crippen molar-refractivity contribution < 1.29 is 14.3 Å². The Bertz CT molecular complexity index is 223. The highest BCUT2D eigenvalue weighted by Crippen LogP contribution is 2.28. The van der Waals surface area contributed by atoms with Crippen molar-refractivity contribution in [1.82, 2.24) is 0 Å². The molecule has 80 valence electrons. The zero-order valence-corrected chi connectivity index (χ0v) is 8.91. The first kappa shape index (κ1) is 11.2. The molecule has 1 aliphatic carbocycles. The minimum Gasteiger partial charge on any atom is -0.465 e. The van der Waals surface area contributed by atoms with Crippen LogP contribution in [0.25, 0.3) is 0 Å². The summed E-state index contributed by atoms with van der Waals surface area (Å²) < 4.78 is 4.86. The second-order valence-corrected chi connectivity index (χ2v) is 3.83. The van der Waals surface area contributed by atoms with E-state index in [-0.39, 0.29) is 11.8 Å². The van der Waals surface area contributed by atoms with Crippen LogP contribution in [0.2, 0.25) is 0 Å². The second-order valence-electron chi connectivity index (χ2n) is 3.83. The van der Waals surface area contributed by atoms with Crippen LogP contribution in [0.1, 0.15) is 39.5 Å². The Kier molecular flexibility index (Phi) is 4.11. The molecule has 2 atom stereocenters. The Labute approximate surface area is 84.8 Å². The fraction of sp³-hybridized carbons (Fsp3) is 0.818. The number of carbonyl (C=O) groups is 2. The molecule has 3 heteroatoms. The van der Waals surface area contributed by atoms with Crippen LogP contribution in [0, 0.1) is 11.8 Å². The van der Waals surface area contributed by atoms with E-state index in [1.807, 2.05) is 0 Å². The molecule has 0 heterocycles. The molecule has 0 radical (unpaired) electrons. The van der Waals surface area contributed by atoms with E-state index in [4.69, 9.17) is 4.74 Å². The van der Waals surface area contributed by atoms with Gasteiger partial charge >= 0.3 is 5.97 Å². The van der Waals surface area contributed by atoms with Crippen molar-refractivity contribution in [2.45, 2.75) is 39.5 Å². The Morgan fingerprint density at radius 3 is 2.64 bits per heavy atom. The number of carbonyl (C=O) groups excluding carboxylic acids is 2. The summed E-state index contributed by atoms with van der Waals surface area (Å²) in [7, 11) is 0. The van der Waals surface area contributed by atoms with Gasteiger partial charge in [-0.05, 0) is 25.7 Å². The molecule has 14 heavy (non-hydrogen) atoms. The third kappa shape index (κ3) is 2.56. The SMILES string of the molecule is CCOC(=O)C1CCC(CC)CC1=O. The second kappa shape index (κ2) is 5.13. The summed E-state index contributed by atoms with van der Waals surface area (Å²) in [4.78, 5) is 22.9. The van der Waals surface area contributed by atoms with Gasteiger partial charge in [0.05, 0.1) is 6.61 Å². The van der Waals surface area contributed by atoms with E-state index in [1.165, 1.54) is 0 Å². The first-order valence-electron chi connectivity index (χ1n) is 5.38. The van der Waals surface area contributed by atoms with E-state index in [1.54, 1.807) is 6.92 Å². The zero-order chi connectivity index (χ0) is 10.6. The largest absolute Gasteiger partial charge is 0.465 e. The van der Waals surface area contributed by atoms with Gasteiger partial charge in [-0.15, -0.1) is 0 Å². The maximum atomic E-state index is 11.6. The van der Waals surface area contributed by atoms with Gasteiger partial charge in [-0.1, -0.05) is 13.3 Å². The number of hydrogen-bond donors (Lipinski definition) is 0. The summed E-state index contributed by atoms with van der Waals surface area (Å²) in [5.74, 6) is -0.250. The van der Waals surface area contributed by atoms with E-state index in [0.29, 0.717) is 25.4 Å². The number of ketones is 1. The van der Waals surface area contributed by atoms with Crippen molar-refractivity contribution in [3.05, 3.63) is 0 Å². The molecule has 0 aliphatic heterocycles. The quantitative estimate of drug-likeness (QED) is 0.514. The van der Waals surface area contributed by atoms with Crippen molar-refractivity contribution in [2.75, 3.05) is 6.61 Å². The number of rotatable bonds is 3.